The van der Waals surface area contributed by atoms with Crippen molar-refractivity contribution < 1.29 is 18.3 Å². The number of para-hydroxylation sites is 1. The standard InChI is InChI=1S/C12H14F2O2/c1-15-10-7-3-5-9(12(10)16-2)6-4-8-11(13)14/h3,5,7-8H,4,6H2,1-2H3. The number of allylic oxidation sites excluding steroid dienone is 1. The highest BCUT2D eigenvalue weighted by atomic mass is 19.3. The maximum Gasteiger partial charge on any atom is 0.266 e. The number of ether oxygens (including phenoxy) is 2. The Morgan fingerprint density at radius 3 is 2.56 bits per heavy atom. The van der Waals surface area contributed by atoms with Crippen LogP contribution in [-0.2, 0) is 6.42 Å². The minimum absolute atomic E-state index is 0.284. The van der Waals surface area contributed by atoms with E-state index in [0.717, 1.165) is 11.6 Å². The molecule has 88 valence electrons. The van der Waals surface area contributed by atoms with Gasteiger partial charge in [0.25, 0.3) is 6.08 Å². The number of benzene rings is 1. The molecule has 0 unspecified atom stereocenters. The van der Waals surface area contributed by atoms with Crippen LogP contribution in [0, 0.1) is 0 Å². The average molecular weight is 228 g/mol. The smallest absolute Gasteiger partial charge is 0.266 e. The highest BCUT2D eigenvalue weighted by Gasteiger charge is 2.08. The molecule has 0 N–H and O–H groups in total. The lowest BCUT2D eigenvalue weighted by Crippen LogP contribution is -1.95. The van der Waals surface area contributed by atoms with Crippen LogP contribution in [0.15, 0.2) is 30.4 Å². The molecule has 0 atom stereocenters. The Balaban J connectivity index is 2.82. The van der Waals surface area contributed by atoms with Crippen molar-refractivity contribution in [2.75, 3.05) is 14.2 Å². The molecule has 0 spiro atoms. The number of aryl methyl sites for hydroxylation is 1. The van der Waals surface area contributed by atoms with Crippen molar-refractivity contribution in [3.05, 3.63) is 35.9 Å². The SMILES string of the molecule is COc1cccc(CCC=C(F)F)c1OC. The van der Waals surface area contributed by atoms with Crippen LogP contribution in [0.5, 0.6) is 11.5 Å². The van der Waals surface area contributed by atoms with E-state index in [4.69, 9.17) is 9.47 Å². The minimum Gasteiger partial charge on any atom is -0.493 e. The molecule has 0 aliphatic carbocycles. The molecule has 16 heavy (non-hydrogen) atoms. The van der Waals surface area contributed by atoms with Gasteiger partial charge < -0.3 is 9.47 Å². The molecule has 0 aliphatic heterocycles. The topological polar surface area (TPSA) is 18.5 Å². The Labute approximate surface area is 93.5 Å². The predicted octanol–water partition coefficient (Wildman–Crippen LogP) is 3.42. The highest BCUT2D eigenvalue weighted by Crippen LogP contribution is 2.31. The quantitative estimate of drug-likeness (QED) is 0.768. The second-order valence-corrected chi connectivity index (χ2v) is 3.19. The first kappa shape index (κ1) is 12.5. The Kier molecular flexibility index (Phi) is 4.76. The summed E-state index contributed by atoms with van der Waals surface area (Å²) in [5, 5.41) is 0. The maximum absolute atomic E-state index is 11.9. The lowest BCUT2D eigenvalue weighted by atomic mass is 10.1. The molecule has 0 aliphatic rings. The van der Waals surface area contributed by atoms with Gasteiger partial charge in [0, 0.05) is 0 Å². The molecule has 0 radical (unpaired) electrons. The summed E-state index contributed by atoms with van der Waals surface area (Å²) in [7, 11) is 3.08. The van der Waals surface area contributed by atoms with Gasteiger partial charge in [0.15, 0.2) is 11.5 Å². The van der Waals surface area contributed by atoms with Crippen molar-refractivity contribution in [2.24, 2.45) is 0 Å². The second kappa shape index (κ2) is 6.10. The van der Waals surface area contributed by atoms with Crippen molar-refractivity contribution in [1.82, 2.24) is 0 Å². The van der Waals surface area contributed by atoms with E-state index < -0.39 is 6.08 Å². The number of rotatable bonds is 5. The molecule has 0 aromatic heterocycles. The minimum atomic E-state index is -1.65. The van der Waals surface area contributed by atoms with Crippen molar-refractivity contribution in [1.29, 1.82) is 0 Å². The highest BCUT2D eigenvalue weighted by molar-refractivity contribution is 5.46. The van der Waals surface area contributed by atoms with Crippen LogP contribution in [0.2, 0.25) is 0 Å². The van der Waals surface area contributed by atoms with Crippen LogP contribution in [0.1, 0.15) is 12.0 Å². The van der Waals surface area contributed by atoms with Gasteiger partial charge in [-0.3, -0.25) is 0 Å². The average Bonchev–Trinajstić information content (AvgIpc) is 2.28. The van der Waals surface area contributed by atoms with Crippen LogP contribution in [0.3, 0.4) is 0 Å². The molecule has 1 rings (SSSR count). The Morgan fingerprint density at radius 1 is 1.25 bits per heavy atom. The third-order valence-corrected chi connectivity index (χ3v) is 2.20. The summed E-state index contributed by atoms with van der Waals surface area (Å²) >= 11 is 0. The molecule has 0 amide bonds. The first-order chi connectivity index (χ1) is 7.69. The fourth-order valence-corrected chi connectivity index (χ4v) is 1.49. The van der Waals surface area contributed by atoms with Gasteiger partial charge in [-0.05, 0) is 30.5 Å². The summed E-state index contributed by atoms with van der Waals surface area (Å²) in [6.07, 6.45) is 0.0320. The molecule has 0 saturated carbocycles. The summed E-state index contributed by atoms with van der Waals surface area (Å²) in [6, 6.07) is 5.42. The largest absolute Gasteiger partial charge is 0.493 e. The normalized spacial score (nSPS) is 9.75. The van der Waals surface area contributed by atoms with Gasteiger partial charge in [-0.15, -0.1) is 0 Å². The number of hydrogen-bond acceptors (Lipinski definition) is 2. The summed E-state index contributed by atoms with van der Waals surface area (Å²) < 4.78 is 34.0. The molecule has 1 aromatic carbocycles. The molecular formula is C12H14F2O2. The van der Waals surface area contributed by atoms with E-state index in [1.165, 1.54) is 7.11 Å². The first-order valence-corrected chi connectivity index (χ1v) is 4.90. The van der Waals surface area contributed by atoms with Gasteiger partial charge in [-0.25, -0.2) is 0 Å². The van der Waals surface area contributed by atoms with Crippen LogP contribution in [0.25, 0.3) is 0 Å². The zero-order valence-electron chi connectivity index (χ0n) is 9.30. The van der Waals surface area contributed by atoms with Crippen molar-refractivity contribution in [3.8, 4) is 11.5 Å². The van der Waals surface area contributed by atoms with Crippen LogP contribution < -0.4 is 9.47 Å². The monoisotopic (exact) mass is 228 g/mol. The number of methoxy groups -OCH3 is 2. The Bertz CT molecular complexity index is 371. The van der Waals surface area contributed by atoms with Gasteiger partial charge in [-0.2, -0.15) is 8.78 Å². The third-order valence-electron chi connectivity index (χ3n) is 2.20. The van der Waals surface area contributed by atoms with Crippen molar-refractivity contribution in [3.63, 3.8) is 0 Å². The fraction of sp³-hybridized carbons (Fsp3) is 0.333. The summed E-state index contributed by atoms with van der Waals surface area (Å²) in [6.45, 7) is 0. The molecule has 0 heterocycles. The molecule has 0 bridgehead atoms. The van der Waals surface area contributed by atoms with E-state index in [2.05, 4.69) is 0 Å². The summed E-state index contributed by atoms with van der Waals surface area (Å²) in [4.78, 5) is 0. The molecule has 2 nitrogen and oxygen atoms in total. The third kappa shape index (κ3) is 3.22. The van der Waals surface area contributed by atoms with Crippen molar-refractivity contribution in [2.45, 2.75) is 12.8 Å². The zero-order valence-corrected chi connectivity index (χ0v) is 9.30. The van der Waals surface area contributed by atoms with E-state index in [1.807, 2.05) is 12.1 Å². The van der Waals surface area contributed by atoms with Gasteiger partial charge in [0.1, 0.15) is 0 Å². The lowest BCUT2D eigenvalue weighted by Gasteiger charge is -2.11. The number of hydrogen-bond donors (Lipinski definition) is 0. The maximum atomic E-state index is 11.9. The molecule has 0 saturated heterocycles. The number of halogens is 2. The Morgan fingerprint density at radius 2 is 2.00 bits per heavy atom. The van der Waals surface area contributed by atoms with Crippen LogP contribution in [0.4, 0.5) is 8.78 Å². The van der Waals surface area contributed by atoms with Crippen LogP contribution in [-0.4, -0.2) is 14.2 Å². The fourth-order valence-electron chi connectivity index (χ4n) is 1.49. The molecule has 1 aromatic rings. The Hall–Kier alpha value is -1.58. The van der Waals surface area contributed by atoms with Gasteiger partial charge in [0.05, 0.1) is 14.2 Å². The van der Waals surface area contributed by atoms with E-state index in [1.54, 1.807) is 13.2 Å². The predicted molar refractivity (Wildman–Crippen MR) is 58.2 cm³/mol. The first-order valence-electron chi connectivity index (χ1n) is 4.90. The van der Waals surface area contributed by atoms with Gasteiger partial charge in [0.2, 0.25) is 0 Å². The van der Waals surface area contributed by atoms with E-state index in [-0.39, 0.29) is 6.42 Å². The zero-order chi connectivity index (χ0) is 12.0. The van der Waals surface area contributed by atoms with E-state index in [9.17, 15) is 8.78 Å². The summed E-state index contributed by atoms with van der Waals surface area (Å²) in [5.74, 6) is 1.22. The van der Waals surface area contributed by atoms with E-state index >= 15 is 0 Å². The molecule has 4 heteroatoms. The van der Waals surface area contributed by atoms with Crippen LogP contribution >= 0.6 is 0 Å². The van der Waals surface area contributed by atoms with E-state index in [0.29, 0.717) is 17.9 Å². The lowest BCUT2D eigenvalue weighted by molar-refractivity contribution is 0.351. The summed E-state index contributed by atoms with van der Waals surface area (Å²) in [5.41, 5.74) is 0.861. The molecular weight excluding hydrogens is 214 g/mol. The second-order valence-electron chi connectivity index (χ2n) is 3.19. The molecule has 0 fully saturated rings. The van der Waals surface area contributed by atoms with Crippen molar-refractivity contribution >= 4 is 0 Å². The van der Waals surface area contributed by atoms with Gasteiger partial charge in [-0.1, -0.05) is 12.1 Å². The van der Waals surface area contributed by atoms with Gasteiger partial charge >= 0.3 is 0 Å².